The molecule has 0 spiro atoms. The van der Waals surface area contributed by atoms with E-state index in [0.717, 1.165) is 11.3 Å². The average molecular weight is 245 g/mol. The maximum atomic E-state index is 11.1. The van der Waals surface area contributed by atoms with Gasteiger partial charge in [0.05, 0.1) is 7.11 Å². The third-order valence-corrected chi connectivity index (χ3v) is 2.00. The van der Waals surface area contributed by atoms with Gasteiger partial charge in [0, 0.05) is 19.5 Å². The van der Waals surface area contributed by atoms with Gasteiger partial charge in [-0.15, -0.1) is 12.4 Å². The zero-order valence-corrected chi connectivity index (χ0v) is 10.0. The maximum Gasteiger partial charge on any atom is 0.221 e. The highest BCUT2D eigenvalue weighted by atomic mass is 35.5. The Morgan fingerprint density at radius 1 is 1.50 bits per heavy atom. The molecule has 0 heterocycles. The summed E-state index contributed by atoms with van der Waals surface area (Å²) in [7, 11) is 1.62. The van der Waals surface area contributed by atoms with Crippen LogP contribution in [-0.4, -0.2) is 19.6 Å². The fourth-order valence-corrected chi connectivity index (χ4v) is 1.20. The van der Waals surface area contributed by atoms with Crippen LogP contribution in [0.4, 0.5) is 0 Å². The molecule has 0 saturated heterocycles. The van der Waals surface area contributed by atoms with Gasteiger partial charge in [0.15, 0.2) is 0 Å². The molecule has 5 heteroatoms. The number of halogens is 1. The molecule has 0 aliphatic carbocycles. The number of ether oxygens (including phenoxy) is 1. The van der Waals surface area contributed by atoms with Crippen LogP contribution in [0.25, 0.3) is 0 Å². The fraction of sp³-hybridized carbons (Fsp3) is 0.364. The zero-order chi connectivity index (χ0) is 11.1. The molecule has 16 heavy (non-hydrogen) atoms. The maximum absolute atomic E-state index is 11.1. The summed E-state index contributed by atoms with van der Waals surface area (Å²) in [6.45, 7) is 0.889. The number of rotatable bonds is 5. The Hall–Kier alpha value is -1.26. The van der Waals surface area contributed by atoms with Gasteiger partial charge >= 0.3 is 0 Å². The first kappa shape index (κ1) is 14.7. The Labute approximate surface area is 102 Å². The third kappa shape index (κ3) is 5.00. The van der Waals surface area contributed by atoms with Crippen molar-refractivity contribution >= 4 is 18.3 Å². The molecule has 0 aliphatic heterocycles. The molecular formula is C11H17ClN2O2. The van der Waals surface area contributed by atoms with Crippen LogP contribution in [0.5, 0.6) is 5.75 Å². The minimum atomic E-state index is -0.0275. The lowest BCUT2D eigenvalue weighted by molar-refractivity contribution is -0.121. The Kier molecular flexibility index (Phi) is 7.33. The van der Waals surface area contributed by atoms with E-state index >= 15 is 0 Å². The summed E-state index contributed by atoms with van der Waals surface area (Å²) in [4.78, 5) is 11.1. The van der Waals surface area contributed by atoms with Gasteiger partial charge in [0.1, 0.15) is 5.75 Å². The number of hydrogen-bond donors (Lipinski definition) is 2. The monoisotopic (exact) mass is 244 g/mol. The number of methoxy groups -OCH3 is 1. The molecule has 0 aromatic heterocycles. The molecule has 4 nitrogen and oxygen atoms in total. The highest BCUT2D eigenvalue weighted by molar-refractivity contribution is 5.85. The number of hydrogen-bond acceptors (Lipinski definition) is 3. The van der Waals surface area contributed by atoms with Gasteiger partial charge in [-0.05, 0) is 17.7 Å². The number of carbonyl (C=O) groups is 1. The van der Waals surface area contributed by atoms with E-state index in [1.807, 2.05) is 24.3 Å². The number of amides is 1. The van der Waals surface area contributed by atoms with Gasteiger partial charge < -0.3 is 15.8 Å². The van der Waals surface area contributed by atoms with Crippen molar-refractivity contribution in [2.24, 2.45) is 5.73 Å². The SMILES string of the molecule is COc1cccc(CNC(=O)CCN)c1.Cl. The van der Waals surface area contributed by atoms with Crippen molar-refractivity contribution in [3.05, 3.63) is 29.8 Å². The first-order valence-corrected chi connectivity index (χ1v) is 4.86. The van der Waals surface area contributed by atoms with Crippen LogP contribution >= 0.6 is 12.4 Å². The second-order valence-corrected chi connectivity index (χ2v) is 3.17. The van der Waals surface area contributed by atoms with E-state index in [0.29, 0.717) is 19.5 Å². The molecule has 0 unspecified atom stereocenters. The summed E-state index contributed by atoms with van der Waals surface area (Å²) < 4.78 is 5.08. The van der Waals surface area contributed by atoms with E-state index in [9.17, 15) is 4.79 Å². The van der Waals surface area contributed by atoms with Gasteiger partial charge in [0.25, 0.3) is 0 Å². The van der Waals surface area contributed by atoms with Crippen molar-refractivity contribution in [2.45, 2.75) is 13.0 Å². The summed E-state index contributed by atoms with van der Waals surface area (Å²) in [6.07, 6.45) is 0.365. The van der Waals surface area contributed by atoms with E-state index < -0.39 is 0 Å². The first-order chi connectivity index (χ1) is 7.26. The van der Waals surface area contributed by atoms with Crippen LogP contribution in [0.1, 0.15) is 12.0 Å². The van der Waals surface area contributed by atoms with E-state index in [1.165, 1.54) is 0 Å². The Bertz CT molecular complexity index is 332. The molecule has 1 aromatic rings. The van der Waals surface area contributed by atoms with Crippen molar-refractivity contribution < 1.29 is 9.53 Å². The third-order valence-electron chi connectivity index (χ3n) is 2.00. The van der Waals surface area contributed by atoms with E-state index in [4.69, 9.17) is 10.5 Å². The van der Waals surface area contributed by atoms with Crippen molar-refractivity contribution in [3.63, 3.8) is 0 Å². The molecule has 0 bridgehead atoms. The minimum Gasteiger partial charge on any atom is -0.497 e. The Morgan fingerprint density at radius 3 is 2.88 bits per heavy atom. The first-order valence-electron chi connectivity index (χ1n) is 4.86. The van der Waals surface area contributed by atoms with Crippen molar-refractivity contribution in [1.29, 1.82) is 0 Å². The molecule has 0 saturated carbocycles. The van der Waals surface area contributed by atoms with Gasteiger partial charge in [-0.1, -0.05) is 12.1 Å². The van der Waals surface area contributed by atoms with E-state index in [2.05, 4.69) is 5.32 Å². The van der Waals surface area contributed by atoms with Gasteiger partial charge in [-0.25, -0.2) is 0 Å². The van der Waals surface area contributed by atoms with Gasteiger partial charge in [0.2, 0.25) is 5.91 Å². The lowest BCUT2D eigenvalue weighted by atomic mass is 10.2. The van der Waals surface area contributed by atoms with Crippen LogP contribution in [0.2, 0.25) is 0 Å². The molecular weight excluding hydrogens is 228 g/mol. The number of nitrogens with two attached hydrogens (primary N) is 1. The molecule has 0 atom stereocenters. The van der Waals surface area contributed by atoms with Gasteiger partial charge in [-0.2, -0.15) is 0 Å². The number of nitrogens with one attached hydrogen (secondary N) is 1. The van der Waals surface area contributed by atoms with Crippen LogP contribution < -0.4 is 15.8 Å². The van der Waals surface area contributed by atoms with Crippen LogP contribution in [0.3, 0.4) is 0 Å². The van der Waals surface area contributed by atoms with Crippen LogP contribution in [-0.2, 0) is 11.3 Å². The smallest absolute Gasteiger partial charge is 0.221 e. The summed E-state index contributed by atoms with van der Waals surface area (Å²) in [5.41, 5.74) is 6.28. The second kappa shape index (κ2) is 7.96. The van der Waals surface area contributed by atoms with Crippen molar-refractivity contribution in [1.82, 2.24) is 5.32 Å². The minimum absolute atomic E-state index is 0. The predicted octanol–water partition coefficient (Wildman–Crippen LogP) is 1.08. The summed E-state index contributed by atoms with van der Waals surface area (Å²) in [5, 5.41) is 2.78. The fourth-order valence-electron chi connectivity index (χ4n) is 1.20. The van der Waals surface area contributed by atoms with E-state index in [-0.39, 0.29) is 18.3 Å². The van der Waals surface area contributed by atoms with Gasteiger partial charge in [-0.3, -0.25) is 4.79 Å². The number of carbonyl (C=O) groups excluding carboxylic acids is 1. The highest BCUT2D eigenvalue weighted by Gasteiger charge is 2.00. The topological polar surface area (TPSA) is 64.3 Å². The second-order valence-electron chi connectivity index (χ2n) is 3.17. The lowest BCUT2D eigenvalue weighted by Crippen LogP contribution is -2.24. The molecule has 0 radical (unpaired) electrons. The predicted molar refractivity (Wildman–Crippen MR) is 65.8 cm³/mol. The molecule has 3 N–H and O–H groups in total. The molecule has 1 amide bonds. The number of benzene rings is 1. The zero-order valence-electron chi connectivity index (χ0n) is 9.23. The summed E-state index contributed by atoms with van der Waals surface area (Å²) in [5.74, 6) is 0.765. The molecule has 0 aliphatic rings. The average Bonchev–Trinajstić information content (AvgIpc) is 2.27. The summed E-state index contributed by atoms with van der Waals surface area (Å²) >= 11 is 0. The van der Waals surface area contributed by atoms with Crippen molar-refractivity contribution in [3.8, 4) is 5.75 Å². The standard InChI is InChI=1S/C11H16N2O2.ClH/c1-15-10-4-2-3-9(7-10)8-13-11(14)5-6-12;/h2-4,7H,5-6,8,12H2,1H3,(H,13,14);1H. The molecule has 1 aromatic carbocycles. The Balaban J connectivity index is 0.00000225. The quantitative estimate of drug-likeness (QED) is 0.815. The molecule has 0 fully saturated rings. The van der Waals surface area contributed by atoms with Crippen LogP contribution in [0, 0.1) is 0 Å². The molecule has 1 rings (SSSR count). The molecule has 90 valence electrons. The highest BCUT2D eigenvalue weighted by Crippen LogP contribution is 2.11. The van der Waals surface area contributed by atoms with E-state index in [1.54, 1.807) is 7.11 Å². The van der Waals surface area contributed by atoms with Crippen LogP contribution in [0.15, 0.2) is 24.3 Å². The summed E-state index contributed by atoms with van der Waals surface area (Å²) in [6, 6.07) is 7.59. The van der Waals surface area contributed by atoms with Crippen molar-refractivity contribution in [2.75, 3.05) is 13.7 Å². The largest absolute Gasteiger partial charge is 0.497 e. The Morgan fingerprint density at radius 2 is 2.25 bits per heavy atom. The normalized spacial score (nSPS) is 9.12. The lowest BCUT2D eigenvalue weighted by Gasteiger charge is -2.06.